The van der Waals surface area contributed by atoms with Crippen molar-refractivity contribution >= 4 is 12.0 Å². The molecule has 1 aliphatic rings. The monoisotopic (exact) mass is 340 g/mol. The summed E-state index contributed by atoms with van der Waals surface area (Å²) < 4.78 is 0. The number of carbonyl (C=O) groups excluding carboxylic acids is 1. The maximum Gasteiger partial charge on any atom is 0.335 e. The van der Waals surface area contributed by atoms with Crippen molar-refractivity contribution in [3.05, 3.63) is 59.2 Å². The molecule has 7 heteroatoms. The van der Waals surface area contributed by atoms with Gasteiger partial charge in [-0.3, -0.25) is 0 Å². The molecule has 0 spiro atoms. The molecule has 1 heterocycles. The van der Waals surface area contributed by atoms with Gasteiger partial charge in [-0.15, -0.1) is 0 Å². The van der Waals surface area contributed by atoms with Crippen LogP contribution < -0.4 is 10.6 Å². The molecular formula is C18H20N4O3. The van der Waals surface area contributed by atoms with Crippen LogP contribution in [0.2, 0.25) is 0 Å². The summed E-state index contributed by atoms with van der Waals surface area (Å²) in [4.78, 5) is 31.3. The average Bonchev–Trinajstić information content (AvgIpc) is 3.46. The average molecular weight is 340 g/mol. The van der Waals surface area contributed by atoms with Crippen molar-refractivity contribution in [1.29, 1.82) is 0 Å². The van der Waals surface area contributed by atoms with Crippen molar-refractivity contribution in [3.63, 3.8) is 0 Å². The van der Waals surface area contributed by atoms with E-state index in [4.69, 9.17) is 5.11 Å². The minimum Gasteiger partial charge on any atom is -0.478 e. The van der Waals surface area contributed by atoms with Crippen LogP contribution in [0.5, 0.6) is 0 Å². The molecule has 2 amide bonds. The highest BCUT2D eigenvalue weighted by Crippen LogP contribution is 2.37. The van der Waals surface area contributed by atoms with E-state index < -0.39 is 5.97 Å². The van der Waals surface area contributed by atoms with E-state index in [1.807, 2.05) is 12.4 Å². The fourth-order valence-corrected chi connectivity index (χ4v) is 2.38. The highest BCUT2D eigenvalue weighted by Gasteiger charge is 2.25. The summed E-state index contributed by atoms with van der Waals surface area (Å²) in [5.41, 5.74) is 2.06. The number of hydrogen-bond acceptors (Lipinski definition) is 4. The van der Waals surface area contributed by atoms with E-state index >= 15 is 0 Å². The Balaban J connectivity index is 1.36. The number of carboxylic acids is 1. The van der Waals surface area contributed by atoms with Gasteiger partial charge in [0.15, 0.2) is 0 Å². The van der Waals surface area contributed by atoms with E-state index in [9.17, 15) is 9.59 Å². The lowest BCUT2D eigenvalue weighted by molar-refractivity contribution is 0.0697. The summed E-state index contributed by atoms with van der Waals surface area (Å²) in [6.45, 7) is 0.834. The molecule has 1 fully saturated rings. The topological polar surface area (TPSA) is 104 Å². The molecule has 2 aromatic rings. The molecule has 1 aromatic carbocycles. The summed E-state index contributed by atoms with van der Waals surface area (Å²) >= 11 is 0. The Morgan fingerprint density at radius 1 is 1.04 bits per heavy atom. The molecule has 130 valence electrons. The maximum absolute atomic E-state index is 11.8. The lowest BCUT2D eigenvalue weighted by Gasteiger charge is -2.08. The first-order valence-corrected chi connectivity index (χ1v) is 8.26. The number of carbonyl (C=O) groups is 2. The molecule has 3 rings (SSSR count). The Bertz CT molecular complexity index is 740. The molecule has 1 aromatic heterocycles. The van der Waals surface area contributed by atoms with Crippen molar-refractivity contribution in [1.82, 2.24) is 20.6 Å². The smallest absolute Gasteiger partial charge is 0.335 e. The third kappa shape index (κ3) is 5.00. The fraction of sp³-hybridized carbons (Fsp3) is 0.333. The van der Waals surface area contributed by atoms with E-state index in [1.54, 1.807) is 12.1 Å². The van der Waals surface area contributed by atoms with E-state index in [2.05, 4.69) is 20.6 Å². The third-order valence-electron chi connectivity index (χ3n) is 4.02. The first kappa shape index (κ1) is 16.9. The molecule has 0 unspecified atom stereocenters. The lowest BCUT2D eigenvalue weighted by Crippen LogP contribution is -2.36. The SMILES string of the molecule is O=C(NCCc1cnc(C2CC2)nc1)NCc1ccc(C(=O)O)cc1. The first-order valence-electron chi connectivity index (χ1n) is 8.26. The molecule has 0 aliphatic heterocycles. The molecular weight excluding hydrogens is 320 g/mol. The van der Waals surface area contributed by atoms with Crippen LogP contribution in [0.1, 0.15) is 46.1 Å². The largest absolute Gasteiger partial charge is 0.478 e. The Morgan fingerprint density at radius 3 is 2.32 bits per heavy atom. The molecule has 7 nitrogen and oxygen atoms in total. The van der Waals surface area contributed by atoms with Crippen molar-refractivity contribution < 1.29 is 14.7 Å². The molecule has 1 aliphatic carbocycles. The van der Waals surface area contributed by atoms with E-state index in [1.165, 1.54) is 25.0 Å². The van der Waals surface area contributed by atoms with Crippen LogP contribution in [0.25, 0.3) is 0 Å². The predicted octanol–water partition coefficient (Wildman–Crippen LogP) is 2.09. The minimum absolute atomic E-state index is 0.225. The summed E-state index contributed by atoms with van der Waals surface area (Å²) in [6, 6.07) is 6.13. The number of nitrogens with one attached hydrogen (secondary N) is 2. The second-order valence-electron chi connectivity index (χ2n) is 6.09. The van der Waals surface area contributed by atoms with Gasteiger partial charge in [-0.25, -0.2) is 19.6 Å². The van der Waals surface area contributed by atoms with Gasteiger partial charge in [0.05, 0.1) is 5.56 Å². The molecule has 0 radical (unpaired) electrons. The number of rotatable bonds is 7. The van der Waals surface area contributed by atoms with Crippen LogP contribution in [-0.4, -0.2) is 33.6 Å². The molecule has 0 saturated heterocycles. The summed E-state index contributed by atoms with van der Waals surface area (Å²) in [7, 11) is 0. The Hall–Kier alpha value is -2.96. The van der Waals surface area contributed by atoms with Crippen LogP contribution in [-0.2, 0) is 13.0 Å². The van der Waals surface area contributed by atoms with Gasteiger partial charge in [0.2, 0.25) is 0 Å². The number of amides is 2. The van der Waals surface area contributed by atoms with Crippen LogP contribution >= 0.6 is 0 Å². The van der Waals surface area contributed by atoms with Gasteiger partial charge in [0.25, 0.3) is 0 Å². The normalized spacial score (nSPS) is 13.3. The zero-order valence-electron chi connectivity index (χ0n) is 13.7. The minimum atomic E-state index is -0.966. The molecule has 0 atom stereocenters. The van der Waals surface area contributed by atoms with Gasteiger partial charge in [-0.1, -0.05) is 12.1 Å². The number of nitrogens with zero attached hydrogens (tertiary/aromatic N) is 2. The van der Waals surface area contributed by atoms with Crippen LogP contribution in [0.4, 0.5) is 4.79 Å². The van der Waals surface area contributed by atoms with Crippen LogP contribution in [0, 0.1) is 0 Å². The Labute approximate surface area is 145 Å². The summed E-state index contributed by atoms with van der Waals surface area (Å²) in [6.07, 6.45) is 6.68. The first-order chi connectivity index (χ1) is 12.1. The number of benzene rings is 1. The second-order valence-corrected chi connectivity index (χ2v) is 6.09. The van der Waals surface area contributed by atoms with Crippen LogP contribution in [0.3, 0.4) is 0 Å². The summed E-state index contributed by atoms with van der Waals surface area (Å²) in [5.74, 6) is 0.497. The van der Waals surface area contributed by atoms with E-state index in [-0.39, 0.29) is 11.6 Å². The van der Waals surface area contributed by atoms with Crippen molar-refractivity contribution in [2.45, 2.75) is 31.7 Å². The lowest BCUT2D eigenvalue weighted by atomic mass is 10.1. The summed E-state index contributed by atoms with van der Waals surface area (Å²) in [5, 5.41) is 14.4. The third-order valence-corrected chi connectivity index (χ3v) is 4.02. The van der Waals surface area contributed by atoms with Crippen molar-refractivity contribution in [3.8, 4) is 0 Å². The molecule has 0 bridgehead atoms. The van der Waals surface area contributed by atoms with Crippen molar-refractivity contribution in [2.24, 2.45) is 0 Å². The van der Waals surface area contributed by atoms with Crippen molar-refractivity contribution in [2.75, 3.05) is 6.54 Å². The molecule has 25 heavy (non-hydrogen) atoms. The highest BCUT2D eigenvalue weighted by atomic mass is 16.4. The standard InChI is InChI=1S/C18H20N4O3/c23-17(24)15-3-1-12(2-4-15)9-22-18(25)19-8-7-13-10-20-16(21-11-13)14-5-6-14/h1-4,10-11,14H,5-9H2,(H,23,24)(H2,19,22,25). The number of aromatic carboxylic acids is 1. The number of aromatic nitrogens is 2. The van der Waals surface area contributed by atoms with Gasteiger partial charge in [-0.2, -0.15) is 0 Å². The van der Waals surface area contributed by atoms with Crippen LogP contribution in [0.15, 0.2) is 36.7 Å². The molecule has 3 N–H and O–H groups in total. The Morgan fingerprint density at radius 2 is 1.72 bits per heavy atom. The van der Waals surface area contributed by atoms with Gasteiger partial charge < -0.3 is 15.7 Å². The van der Waals surface area contributed by atoms with Gasteiger partial charge in [0, 0.05) is 31.4 Å². The second kappa shape index (κ2) is 7.74. The maximum atomic E-state index is 11.8. The number of urea groups is 1. The van der Waals surface area contributed by atoms with E-state index in [0.29, 0.717) is 25.4 Å². The quantitative estimate of drug-likeness (QED) is 0.716. The fourth-order valence-electron chi connectivity index (χ4n) is 2.38. The molecule has 1 saturated carbocycles. The Kier molecular flexibility index (Phi) is 5.23. The number of hydrogen-bond donors (Lipinski definition) is 3. The van der Waals surface area contributed by atoms with Gasteiger partial charge in [0.1, 0.15) is 5.82 Å². The van der Waals surface area contributed by atoms with E-state index in [0.717, 1.165) is 17.0 Å². The van der Waals surface area contributed by atoms with Gasteiger partial charge in [-0.05, 0) is 42.5 Å². The zero-order valence-corrected chi connectivity index (χ0v) is 13.7. The zero-order chi connectivity index (χ0) is 17.6. The predicted molar refractivity (Wildman–Crippen MR) is 91.4 cm³/mol. The van der Waals surface area contributed by atoms with Gasteiger partial charge >= 0.3 is 12.0 Å². The number of carboxylic acid groups (broad SMARTS) is 1. The highest BCUT2D eigenvalue weighted by molar-refractivity contribution is 5.87.